The van der Waals surface area contributed by atoms with E-state index in [1.54, 1.807) is 0 Å². The third-order valence-electron chi connectivity index (χ3n) is 4.10. The molecule has 0 fully saturated rings. The number of nitrogens with zero attached hydrogens (tertiary/aromatic N) is 3. The van der Waals surface area contributed by atoms with Gasteiger partial charge in [-0.05, 0) is 30.3 Å². The Labute approximate surface area is 138 Å². The molecule has 0 atom stereocenters. The molecule has 0 amide bonds. The van der Waals surface area contributed by atoms with Crippen LogP contribution < -0.4 is 9.47 Å². The molecule has 1 aliphatic heterocycles. The highest BCUT2D eigenvalue weighted by atomic mass is 16.7. The van der Waals surface area contributed by atoms with Gasteiger partial charge in [0.1, 0.15) is 0 Å². The molecule has 0 saturated heterocycles. The highest BCUT2D eigenvalue weighted by Gasteiger charge is 2.16. The van der Waals surface area contributed by atoms with Gasteiger partial charge >= 0.3 is 0 Å². The third kappa shape index (κ3) is 2.02. The van der Waals surface area contributed by atoms with Crippen molar-refractivity contribution in [1.82, 2.24) is 14.6 Å². The van der Waals surface area contributed by atoms with Crippen LogP contribution in [0.25, 0.3) is 28.2 Å². The highest BCUT2D eigenvalue weighted by molar-refractivity contribution is 5.68. The van der Waals surface area contributed by atoms with Crippen LogP contribution in [0.1, 0.15) is 0 Å². The number of aromatic nitrogens is 3. The summed E-state index contributed by atoms with van der Waals surface area (Å²) in [4.78, 5) is 4.45. The van der Waals surface area contributed by atoms with E-state index in [9.17, 15) is 0 Å². The van der Waals surface area contributed by atoms with Gasteiger partial charge < -0.3 is 9.47 Å². The van der Waals surface area contributed by atoms with Crippen LogP contribution in [0.2, 0.25) is 0 Å². The van der Waals surface area contributed by atoms with Crippen molar-refractivity contribution in [2.75, 3.05) is 6.79 Å². The van der Waals surface area contributed by atoms with Gasteiger partial charge in [-0.1, -0.05) is 30.3 Å². The van der Waals surface area contributed by atoms with Crippen LogP contribution in [0.15, 0.2) is 66.9 Å². The van der Waals surface area contributed by atoms with Gasteiger partial charge in [-0.3, -0.25) is 0 Å². The Morgan fingerprint density at radius 1 is 0.833 bits per heavy atom. The zero-order valence-electron chi connectivity index (χ0n) is 12.7. The molecule has 5 nitrogen and oxygen atoms in total. The van der Waals surface area contributed by atoms with E-state index in [1.807, 2.05) is 71.4 Å². The molecule has 5 heteroatoms. The van der Waals surface area contributed by atoms with E-state index in [2.05, 4.69) is 4.98 Å². The van der Waals surface area contributed by atoms with Gasteiger partial charge in [0.05, 0.1) is 17.6 Å². The van der Waals surface area contributed by atoms with Crippen LogP contribution >= 0.6 is 0 Å². The summed E-state index contributed by atoms with van der Waals surface area (Å²) >= 11 is 0. The Morgan fingerprint density at radius 2 is 1.71 bits per heavy atom. The van der Waals surface area contributed by atoms with Crippen LogP contribution in [0.4, 0.5) is 0 Å². The van der Waals surface area contributed by atoms with Gasteiger partial charge in [-0.25, -0.2) is 9.50 Å². The summed E-state index contributed by atoms with van der Waals surface area (Å²) in [5.74, 6) is 1.52. The molecule has 0 unspecified atom stereocenters. The first-order chi connectivity index (χ1) is 11.9. The first-order valence-electron chi connectivity index (χ1n) is 7.69. The Balaban J connectivity index is 1.66. The van der Waals surface area contributed by atoms with Crippen molar-refractivity contribution in [1.29, 1.82) is 0 Å². The number of hydrogen-bond acceptors (Lipinski definition) is 4. The average Bonchev–Trinajstić information content (AvgIpc) is 3.27. The van der Waals surface area contributed by atoms with E-state index in [1.165, 1.54) is 0 Å². The van der Waals surface area contributed by atoms with E-state index < -0.39 is 0 Å². The molecule has 5 rings (SSSR count). The van der Waals surface area contributed by atoms with Crippen LogP contribution in [0, 0.1) is 0 Å². The lowest BCUT2D eigenvalue weighted by molar-refractivity contribution is 0.174. The van der Waals surface area contributed by atoms with Gasteiger partial charge in [0.15, 0.2) is 17.1 Å². The lowest BCUT2D eigenvalue weighted by Crippen LogP contribution is -1.96. The number of ether oxygens (including phenoxy) is 2. The number of imidazole rings is 1. The molecule has 116 valence electrons. The number of rotatable bonds is 2. The number of fused-ring (bicyclic) bond motifs is 2. The molecule has 3 heterocycles. The second-order valence-corrected chi connectivity index (χ2v) is 5.57. The van der Waals surface area contributed by atoms with Crippen molar-refractivity contribution in [3.8, 4) is 34.0 Å². The van der Waals surface area contributed by atoms with Crippen molar-refractivity contribution in [2.24, 2.45) is 0 Å². The van der Waals surface area contributed by atoms with Crippen molar-refractivity contribution >= 4 is 5.65 Å². The smallest absolute Gasteiger partial charge is 0.231 e. The molecule has 1 aliphatic rings. The lowest BCUT2D eigenvalue weighted by atomic mass is 10.1. The fraction of sp³-hybridized carbons (Fsp3) is 0.0526. The first kappa shape index (κ1) is 13.1. The largest absolute Gasteiger partial charge is 0.454 e. The Morgan fingerprint density at radius 3 is 2.62 bits per heavy atom. The van der Waals surface area contributed by atoms with Crippen molar-refractivity contribution in [3.63, 3.8) is 0 Å². The summed E-state index contributed by atoms with van der Waals surface area (Å²) in [5.41, 5.74) is 4.70. The summed E-state index contributed by atoms with van der Waals surface area (Å²) in [6.45, 7) is 0.266. The van der Waals surface area contributed by atoms with E-state index in [-0.39, 0.29) is 6.79 Å². The van der Waals surface area contributed by atoms with Gasteiger partial charge in [-0.2, -0.15) is 5.10 Å². The minimum atomic E-state index is 0.266. The molecule has 0 aliphatic carbocycles. The molecule has 0 spiro atoms. The predicted octanol–water partition coefficient (Wildman–Crippen LogP) is 3.79. The quantitative estimate of drug-likeness (QED) is 0.564. The minimum absolute atomic E-state index is 0.266. The second kappa shape index (κ2) is 5.09. The second-order valence-electron chi connectivity index (χ2n) is 5.57. The number of hydrogen-bond donors (Lipinski definition) is 0. The molecule has 24 heavy (non-hydrogen) atoms. The summed E-state index contributed by atoms with van der Waals surface area (Å²) in [6, 6.07) is 19.9. The Bertz CT molecular complexity index is 1040. The molecule has 0 radical (unpaired) electrons. The molecule has 2 aromatic carbocycles. The van der Waals surface area contributed by atoms with Gasteiger partial charge in [-0.15, -0.1) is 0 Å². The SMILES string of the molecule is c1ccc(-c2ccc3ncc(-c4ccc5c(c4)OCO5)n3n2)cc1. The summed E-state index contributed by atoms with van der Waals surface area (Å²) in [6.07, 6.45) is 1.83. The summed E-state index contributed by atoms with van der Waals surface area (Å²) in [5, 5.41) is 4.76. The maximum atomic E-state index is 5.47. The van der Waals surface area contributed by atoms with E-state index >= 15 is 0 Å². The van der Waals surface area contributed by atoms with Crippen LogP contribution in [-0.2, 0) is 0 Å². The zero-order valence-corrected chi connectivity index (χ0v) is 12.7. The maximum absolute atomic E-state index is 5.47. The highest BCUT2D eigenvalue weighted by Crippen LogP contribution is 2.36. The van der Waals surface area contributed by atoms with Gasteiger partial charge in [0, 0.05) is 11.1 Å². The van der Waals surface area contributed by atoms with Crippen molar-refractivity contribution < 1.29 is 9.47 Å². The fourth-order valence-corrected chi connectivity index (χ4v) is 2.89. The van der Waals surface area contributed by atoms with Crippen molar-refractivity contribution in [2.45, 2.75) is 0 Å². The van der Waals surface area contributed by atoms with Crippen LogP contribution in [-0.4, -0.2) is 21.4 Å². The zero-order chi connectivity index (χ0) is 15.9. The molecule has 0 N–H and O–H groups in total. The molecule has 2 aromatic heterocycles. The predicted molar refractivity (Wildman–Crippen MR) is 90.0 cm³/mol. The Hall–Kier alpha value is -3.34. The van der Waals surface area contributed by atoms with E-state index in [0.29, 0.717) is 0 Å². The molecule has 4 aromatic rings. The maximum Gasteiger partial charge on any atom is 0.231 e. The first-order valence-corrected chi connectivity index (χ1v) is 7.69. The average molecular weight is 315 g/mol. The normalized spacial score (nSPS) is 12.7. The summed E-state index contributed by atoms with van der Waals surface area (Å²) in [7, 11) is 0. The molecule has 0 saturated carbocycles. The molecular formula is C19H13N3O2. The molecular weight excluding hydrogens is 302 g/mol. The third-order valence-corrected chi connectivity index (χ3v) is 4.10. The standard InChI is InChI=1S/C19H13N3O2/c1-2-4-13(5-3-1)15-7-9-19-20-11-16(22(19)21-15)14-6-8-17-18(10-14)24-12-23-17/h1-11H,12H2. The fourth-order valence-electron chi connectivity index (χ4n) is 2.89. The summed E-state index contributed by atoms with van der Waals surface area (Å²) < 4.78 is 12.7. The topological polar surface area (TPSA) is 48.7 Å². The lowest BCUT2D eigenvalue weighted by Gasteiger charge is -2.05. The monoisotopic (exact) mass is 315 g/mol. The van der Waals surface area contributed by atoms with E-state index in [4.69, 9.17) is 14.6 Å². The van der Waals surface area contributed by atoms with Crippen LogP contribution in [0.3, 0.4) is 0 Å². The minimum Gasteiger partial charge on any atom is -0.454 e. The van der Waals surface area contributed by atoms with Crippen LogP contribution in [0.5, 0.6) is 11.5 Å². The van der Waals surface area contributed by atoms with Gasteiger partial charge in [0.25, 0.3) is 0 Å². The van der Waals surface area contributed by atoms with Crippen molar-refractivity contribution in [3.05, 3.63) is 66.9 Å². The molecule has 0 bridgehead atoms. The Kier molecular flexibility index (Phi) is 2.79. The number of benzene rings is 2. The van der Waals surface area contributed by atoms with E-state index in [0.717, 1.165) is 39.7 Å². The van der Waals surface area contributed by atoms with Gasteiger partial charge in [0.2, 0.25) is 6.79 Å².